The minimum atomic E-state index is 0.431. The molecule has 0 aliphatic heterocycles. The second kappa shape index (κ2) is 5.13. The van der Waals surface area contributed by atoms with Crippen molar-refractivity contribution >= 4 is 24.3 Å². The fourth-order valence-electron chi connectivity index (χ4n) is 1.70. The van der Waals surface area contributed by atoms with Gasteiger partial charge in [0.1, 0.15) is 5.69 Å². The summed E-state index contributed by atoms with van der Waals surface area (Å²) in [6.07, 6.45) is 1.10. The predicted molar refractivity (Wildman–Crippen MR) is 67.7 cm³/mol. The Hall–Kier alpha value is -2.63. The van der Waals surface area contributed by atoms with Crippen LogP contribution in [0.25, 0.3) is 5.69 Å². The first-order valence-electron chi connectivity index (χ1n) is 5.33. The highest BCUT2D eigenvalue weighted by Gasteiger charge is 2.15. The lowest BCUT2D eigenvalue weighted by Crippen LogP contribution is -2.06. The van der Waals surface area contributed by atoms with E-state index < -0.39 is 0 Å². The lowest BCUT2D eigenvalue weighted by Gasteiger charge is -2.07. The number of anilines is 2. The zero-order valence-corrected chi connectivity index (χ0v) is 9.75. The summed E-state index contributed by atoms with van der Waals surface area (Å²) in [5, 5.41) is 9.37. The van der Waals surface area contributed by atoms with Crippen LogP contribution in [0.4, 0.5) is 11.5 Å². The molecule has 18 heavy (non-hydrogen) atoms. The smallest absolute Gasteiger partial charge is 0.212 e. The number of hydrogen-bond acceptors (Lipinski definition) is 3. The normalized spacial score (nSPS) is 9.83. The van der Waals surface area contributed by atoms with E-state index in [4.69, 9.17) is 0 Å². The molecule has 2 aromatic rings. The Morgan fingerprint density at radius 2 is 1.78 bits per heavy atom. The van der Waals surface area contributed by atoms with E-state index in [-0.39, 0.29) is 0 Å². The molecule has 0 atom stereocenters. The minimum absolute atomic E-state index is 0.431. The minimum Gasteiger partial charge on any atom is -0.324 e. The van der Waals surface area contributed by atoms with E-state index in [0.717, 1.165) is 5.69 Å². The Morgan fingerprint density at radius 1 is 1.11 bits per heavy atom. The SMILES string of the molecule is Cc1nn(-c2ccccc2)c(NC=O)c1NC=O. The average Bonchev–Trinajstić information content (AvgIpc) is 2.70. The fourth-order valence-corrected chi connectivity index (χ4v) is 1.70. The van der Waals surface area contributed by atoms with E-state index in [9.17, 15) is 9.59 Å². The molecule has 6 heteroatoms. The molecule has 1 aromatic heterocycles. The van der Waals surface area contributed by atoms with Crippen LogP contribution in [0.2, 0.25) is 0 Å². The summed E-state index contributed by atoms with van der Waals surface area (Å²) < 4.78 is 1.57. The number of aromatic nitrogens is 2. The molecule has 0 fully saturated rings. The second-order valence-electron chi connectivity index (χ2n) is 3.58. The van der Waals surface area contributed by atoms with Crippen molar-refractivity contribution in [2.24, 2.45) is 0 Å². The summed E-state index contributed by atoms with van der Waals surface area (Å²) in [5.74, 6) is 0.431. The van der Waals surface area contributed by atoms with Gasteiger partial charge >= 0.3 is 0 Å². The van der Waals surface area contributed by atoms with Crippen LogP contribution in [0.5, 0.6) is 0 Å². The van der Waals surface area contributed by atoms with Crippen LogP contribution in [0, 0.1) is 6.92 Å². The highest BCUT2D eigenvalue weighted by molar-refractivity contribution is 5.86. The van der Waals surface area contributed by atoms with Gasteiger partial charge in [-0.25, -0.2) is 4.68 Å². The highest BCUT2D eigenvalue weighted by atomic mass is 16.1. The molecule has 0 spiro atoms. The number of amides is 2. The van der Waals surface area contributed by atoms with Gasteiger partial charge in [0.25, 0.3) is 0 Å². The van der Waals surface area contributed by atoms with Crippen molar-refractivity contribution < 1.29 is 9.59 Å². The number of nitrogens with one attached hydrogen (secondary N) is 2. The van der Waals surface area contributed by atoms with Crippen LogP contribution in [0.15, 0.2) is 30.3 Å². The average molecular weight is 244 g/mol. The predicted octanol–water partition coefficient (Wildman–Crippen LogP) is 1.32. The van der Waals surface area contributed by atoms with Crippen LogP contribution < -0.4 is 10.6 Å². The molecule has 2 amide bonds. The second-order valence-corrected chi connectivity index (χ2v) is 3.58. The Morgan fingerprint density at radius 3 is 2.39 bits per heavy atom. The number of carbonyl (C=O) groups is 2. The van der Waals surface area contributed by atoms with Crippen LogP contribution in [0.3, 0.4) is 0 Å². The van der Waals surface area contributed by atoms with E-state index in [0.29, 0.717) is 30.0 Å². The Balaban J connectivity index is 2.56. The van der Waals surface area contributed by atoms with Crippen molar-refractivity contribution in [2.45, 2.75) is 6.92 Å². The Kier molecular flexibility index (Phi) is 3.38. The molecule has 0 unspecified atom stereocenters. The van der Waals surface area contributed by atoms with Gasteiger partial charge in [-0.1, -0.05) is 18.2 Å². The molecule has 0 saturated heterocycles. The Bertz CT molecular complexity index is 563. The molecular weight excluding hydrogens is 232 g/mol. The highest BCUT2D eigenvalue weighted by Crippen LogP contribution is 2.27. The molecule has 0 saturated carbocycles. The third-order valence-electron chi connectivity index (χ3n) is 2.46. The molecule has 92 valence electrons. The molecular formula is C12H12N4O2. The molecule has 0 bridgehead atoms. The van der Waals surface area contributed by atoms with Crippen LogP contribution in [-0.4, -0.2) is 22.6 Å². The molecule has 6 nitrogen and oxygen atoms in total. The third kappa shape index (κ3) is 2.08. The maximum absolute atomic E-state index is 10.7. The van der Waals surface area contributed by atoms with E-state index in [1.807, 2.05) is 30.3 Å². The van der Waals surface area contributed by atoms with E-state index >= 15 is 0 Å². The van der Waals surface area contributed by atoms with Gasteiger partial charge in [-0.05, 0) is 19.1 Å². The van der Waals surface area contributed by atoms with Gasteiger partial charge in [0.2, 0.25) is 12.8 Å². The van der Waals surface area contributed by atoms with Crippen molar-refractivity contribution in [2.75, 3.05) is 10.6 Å². The first kappa shape index (κ1) is 11.8. The lowest BCUT2D eigenvalue weighted by atomic mass is 10.3. The molecule has 0 radical (unpaired) electrons. The van der Waals surface area contributed by atoms with Gasteiger partial charge in [0.05, 0.1) is 11.4 Å². The topological polar surface area (TPSA) is 76.0 Å². The van der Waals surface area contributed by atoms with Gasteiger partial charge in [-0.15, -0.1) is 0 Å². The number of hydrogen-bond donors (Lipinski definition) is 2. The fraction of sp³-hybridized carbons (Fsp3) is 0.0833. The van der Waals surface area contributed by atoms with Gasteiger partial charge < -0.3 is 10.6 Å². The van der Waals surface area contributed by atoms with Crippen LogP contribution in [0.1, 0.15) is 5.69 Å². The standard InChI is InChI=1S/C12H12N4O2/c1-9-11(13-7-17)12(14-8-18)16(15-9)10-5-3-2-4-6-10/h2-8H,1H3,(H,13,17)(H,14,18). The van der Waals surface area contributed by atoms with Crippen molar-refractivity contribution in [3.63, 3.8) is 0 Å². The maximum Gasteiger partial charge on any atom is 0.212 e. The third-order valence-corrected chi connectivity index (χ3v) is 2.46. The first-order chi connectivity index (χ1) is 8.77. The van der Waals surface area contributed by atoms with E-state index in [2.05, 4.69) is 15.7 Å². The van der Waals surface area contributed by atoms with Gasteiger partial charge in [-0.3, -0.25) is 9.59 Å². The zero-order chi connectivity index (χ0) is 13.0. The quantitative estimate of drug-likeness (QED) is 0.779. The lowest BCUT2D eigenvalue weighted by molar-refractivity contribution is -0.106. The summed E-state index contributed by atoms with van der Waals surface area (Å²) in [4.78, 5) is 21.2. The van der Waals surface area contributed by atoms with Crippen molar-refractivity contribution in [3.05, 3.63) is 36.0 Å². The van der Waals surface area contributed by atoms with Gasteiger partial charge in [0.15, 0.2) is 5.82 Å². The molecule has 0 aliphatic carbocycles. The van der Waals surface area contributed by atoms with Crippen molar-refractivity contribution in [1.29, 1.82) is 0 Å². The van der Waals surface area contributed by atoms with Crippen LogP contribution in [-0.2, 0) is 9.59 Å². The summed E-state index contributed by atoms with van der Waals surface area (Å²) in [7, 11) is 0. The summed E-state index contributed by atoms with van der Waals surface area (Å²) in [5.41, 5.74) is 1.90. The van der Waals surface area contributed by atoms with Gasteiger partial charge in [0, 0.05) is 0 Å². The molecule has 2 rings (SSSR count). The maximum atomic E-state index is 10.7. The number of benzene rings is 1. The van der Waals surface area contributed by atoms with Crippen LogP contribution >= 0.6 is 0 Å². The molecule has 0 aliphatic rings. The molecule has 2 N–H and O–H groups in total. The molecule has 1 heterocycles. The molecule has 1 aromatic carbocycles. The number of rotatable bonds is 5. The number of para-hydroxylation sites is 1. The van der Waals surface area contributed by atoms with E-state index in [1.165, 1.54) is 0 Å². The van der Waals surface area contributed by atoms with Crippen molar-refractivity contribution in [1.82, 2.24) is 9.78 Å². The van der Waals surface area contributed by atoms with Gasteiger partial charge in [-0.2, -0.15) is 5.10 Å². The number of nitrogens with zero attached hydrogens (tertiary/aromatic N) is 2. The Labute approximate surface area is 104 Å². The zero-order valence-electron chi connectivity index (χ0n) is 9.75. The monoisotopic (exact) mass is 244 g/mol. The number of aryl methyl sites for hydroxylation is 1. The summed E-state index contributed by atoms with van der Waals surface area (Å²) >= 11 is 0. The number of carbonyl (C=O) groups excluding carboxylic acids is 2. The van der Waals surface area contributed by atoms with E-state index in [1.54, 1.807) is 11.6 Å². The first-order valence-corrected chi connectivity index (χ1v) is 5.33. The largest absolute Gasteiger partial charge is 0.324 e. The summed E-state index contributed by atoms with van der Waals surface area (Å²) in [6.45, 7) is 1.75. The summed E-state index contributed by atoms with van der Waals surface area (Å²) in [6, 6.07) is 9.32. The van der Waals surface area contributed by atoms with Crippen molar-refractivity contribution in [3.8, 4) is 5.69 Å².